The summed E-state index contributed by atoms with van der Waals surface area (Å²) in [6, 6.07) is 11.9. The van der Waals surface area contributed by atoms with Crippen molar-refractivity contribution in [1.29, 1.82) is 0 Å². The minimum absolute atomic E-state index is 0.166. The van der Waals surface area contributed by atoms with E-state index in [-0.39, 0.29) is 5.91 Å². The predicted molar refractivity (Wildman–Crippen MR) is 123 cm³/mol. The van der Waals surface area contributed by atoms with Crippen LogP contribution in [0.4, 0.5) is 22.9 Å². The zero-order valence-electron chi connectivity index (χ0n) is 17.4. The van der Waals surface area contributed by atoms with Gasteiger partial charge in [0.05, 0.1) is 13.2 Å². The molecule has 0 unspecified atom stereocenters. The predicted octanol–water partition coefficient (Wildman–Crippen LogP) is 3.30. The number of hydrogen-bond acceptors (Lipinski definition) is 6. The first kappa shape index (κ1) is 21.6. The van der Waals surface area contributed by atoms with Crippen LogP contribution >= 0.6 is 0 Å². The van der Waals surface area contributed by atoms with Crippen molar-refractivity contribution >= 4 is 28.8 Å². The lowest BCUT2D eigenvalue weighted by Crippen LogP contribution is -2.36. The summed E-state index contributed by atoms with van der Waals surface area (Å²) in [7, 11) is 0. The molecule has 160 valence electrons. The Labute approximate surface area is 178 Å². The van der Waals surface area contributed by atoms with E-state index in [1.54, 1.807) is 6.20 Å². The first-order valence-electron chi connectivity index (χ1n) is 10.5. The molecule has 3 N–H and O–H groups in total. The van der Waals surface area contributed by atoms with Gasteiger partial charge in [-0.15, -0.1) is 0 Å². The molecular formula is C23H31N5O2. The third kappa shape index (κ3) is 6.49. The molecule has 7 heteroatoms. The molecule has 1 amide bonds. The van der Waals surface area contributed by atoms with Gasteiger partial charge in [0.25, 0.3) is 0 Å². The quantitative estimate of drug-likeness (QED) is 0.754. The number of hydrogen-bond donors (Lipinski definition) is 2. The fourth-order valence-corrected chi connectivity index (χ4v) is 3.58. The molecule has 0 spiro atoms. The molecule has 0 saturated carbocycles. The highest BCUT2D eigenvalue weighted by Crippen LogP contribution is 2.23. The Bertz CT molecular complexity index is 830. The van der Waals surface area contributed by atoms with Gasteiger partial charge in [-0.25, -0.2) is 4.98 Å². The molecule has 1 aromatic heterocycles. The number of nitrogens with zero attached hydrogens (tertiary/aromatic N) is 3. The van der Waals surface area contributed by atoms with Crippen LogP contribution in [0.2, 0.25) is 0 Å². The van der Waals surface area contributed by atoms with Gasteiger partial charge in [-0.1, -0.05) is 12.6 Å². The van der Waals surface area contributed by atoms with Crippen LogP contribution < -0.4 is 20.9 Å². The number of ether oxygens (including phenoxy) is 1. The zero-order chi connectivity index (χ0) is 21.2. The van der Waals surface area contributed by atoms with Crippen molar-refractivity contribution in [3.8, 4) is 0 Å². The number of aromatic nitrogens is 1. The van der Waals surface area contributed by atoms with E-state index in [2.05, 4.69) is 32.7 Å². The molecule has 0 aliphatic carbocycles. The van der Waals surface area contributed by atoms with Crippen molar-refractivity contribution in [2.24, 2.45) is 0 Å². The monoisotopic (exact) mass is 409 g/mol. The molecule has 7 nitrogen and oxygen atoms in total. The molecular weight excluding hydrogens is 378 g/mol. The van der Waals surface area contributed by atoms with Crippen LogP contribution in [-0.4, -0.2) is 50.3 Å². The molecule has 0 radical (unpaired) electrons. The molecule has 30 heavy (non-hydrogen) atoms. The van der Waals surface area contributed by atoms with Crippen LogP contribution in [0, 0.1) is 0 Å². The molecule has 0 bridgehead atoms. The average Bonchev–Trinajstić information content (AvgIpc) is 2.81. The lowest BCUT2D eigenvalue weighted by molar-refractivity contribution is -0.111. The molecule has 2 aromatic rings. The second-order valence-corrected chi connectivity index (χ2v) is 7.33. The third-order valence-electron chi connectivity index (χ3n) is 5.16. The van der Waals surface area contributed by atoms with Gasteiger partial charge in [0.1, 0.15) is 5.82 Å². The Morgan fingerprint density at radius 2 is 1.73 bits per heavy atom. The standard InChI is InChI=1S/C14H18N2O.C9H13N3O/c1-2-14(17)15-12-7-6-8-13(11-12)16-9-4-3-5-10-16;10-9-7-8(1-2-11-9)12-3-5-13-6-4-12/h2,6-8,11H,1,3-5,9-10H2,(H,15,17);1-2,7H,3-6H2,(H2,10,11). The van der Waals surface area contributed by atoms with Crippen molar-refractivity contribution in [1.82, 2.24) is 4.98 Å². The SMILES string of the molecule is C=CC(=O)Nc1cccc(N2CCCCC2)c1.Nc1cc(N2CCOCC2)ccn1. The maximum atomic E-state index is 11.2. The highest BCUT2D eigenvalue weighted by Gasteiger charge is 2.12. The van der Waals surface area contributed by atoms with Gasteiger partial charge in [-0.2, -0.15) is 0 Å². The summed E-state index contributed by atoms with van der Waals surface area (Å²) in [6.07, 6.45) is 6.85. The fourth-order valence-electron chi connectivity index (χ4n) is 3.58. The largest absolute Gasteiger partial charge is 0.384 e. The van der Waals surface area contributed by atoms with Crippen LogP contribution in [0.25, 0.3) is 0 Å². The molecule has 2 fully saturated rings. The van der Waals surface area contributed by atoms with Crippen molar-refractivity contribution < 1.29 is 9.53 Å². The third-order valence-corrected chi connectivity index (χ3v) is 5.16. The average molecular weight is 410 g/mol. The number of nitrogens with two attached hydrogens (primary N) is 1. The number of benzene rings is 1. The van der Waals surface area contributed by atoms with E-state index in [1.807, 2.05) is 30.3 Å². The second-order valence-electron chi connectivity index (χ2n) is 7.33. The summed E-state index contributed by atoms with van der Waals surface area (Å²) in [5, 5.41) is 2.79. The number of nitrogen functional groups attached to an aromatic ring is 1. The number of carbonyl (C=O) groups is 1. The minimum Gasteiger partial charge on any atom is -0.384 e. The molecule has 2 aliphatic rings. The Morgan fingerprint density at radius 3 is 2.43 bits per heavy atom. The maximum Gasteiger partial charge on any atom is 0.247 e. The first-order valence-corrected chi connectivity index (χ1v) is 10.5. The number of pyridine rings is 1. The van der Waals surface area contributed by atoms with E-state index >= 15 is 0 Å². The van der Waals surface area contributed by atoms with E-state index in [9.17, 15) is 4.79 Å². The van der Waals surface area contributed by atoms with Gasteiger partial charge in [0, 0.05) is 55.5 Å². The van der Waals surface area contributed by atoms with Gasteiger partial charge < -0.3 is 25.6 Å². The summed E-state index contributed by atoms with van der Waals surface area (Å²) < 4.78 is 5.26. The molecule has 4 rings (SSSR count). The topological polar surface area (TPSA) is 83.7 Å². The summed E-state index contributed by atoms with van der Waals surface area (Å²) in [5.41, 5.74) is 8.75. The van der Waals surface area contributed by atoms with Gasteiger partial charge in [0.15, 0.2) is 0 Å². The van der Waals surface area contributed by atoms with Crippen LogP contribution in [-0.2, 0) is 9.53 Å². The van der Waals surface area contributed by atoms with E-state index < -0.39 is 0 Å². The number of morpholine rings is 1. The Balaban J connectivity index is 0.000000177. The zero-order valence-corrected chi connectivity index (χ0v) is 17.4. The summed E-state index contributed by atoms with van der Waals surface area (Å²) in [5.74, 6) is 0.407. The second kappa shape index (κ2) is 11.2. The van der Waals surface area contributed by atoms with Crippen molar-refractivity contribution in [2.45, 2.75) is 19.3 Å². The lowest BCUT2D eigenvalue weighted by atomic mass is 10.1. The van der Waals surface area contributed by atoms with E-state index in [1.165, 1.54) is 31.0 Å². The van der Waals surface area contributed by atoms with Crippen molar-refractivity contribution in [3.05, 3.63) is 55.3 Å². The number of amides is 1. The van der Waals surface area contributed by atoms with Crippen LogP contribution in [0.15, 0.2) is 55.3 Å². The van der Waals surface area contributed by atoms with Crippen LogP contribution in [0.3, 0.4) is 0 Å². The van der Waals surface area contributed by atoms with E-state index in [0.29, 0.717) is 5.82 Å². The Morgan fingerprint density at radius 1 is 1.03 bits per heavy atom. The van der Waals surface area contributed by atoms with Crippen LogP contribution in [0.1, 0.15) is 19.3 Å². The molecule has 2 aliphatic heterocycles. The minimum atomic E-state index is -0.166. The van der Waals surface area contributed by atoms with Gasteiger partial charge >= 0.3 is 0 Å². The molecule has 2 saturated heterocycles. The summed E-state index contributed by atoms with van der Waals surface area (Å²) in [6.45, 7) is 9.12. The molecule has 3 heterocycles. The number of anilines is 4. The lowest BCUT2D eigenvalue weighted by Gasteiger charge is -2.29. The Hall–Kier alpha value is -3.06. The van der Waals surface area contributed by atoms with Crippen LogP contribution in [0.5, 0.6) is 0 Å². The number of rotatable bonds is 4. The number of carbonyl (C=O) groups excluding carboxylic acids is 1. The summed E-state index contributed by atoms with van der Waals surface area (Å²) >= 11 is 0. The maximum absolute atomic E-state index is 11.2. The summed E-state index contributed by atoms with van der Waals surface area (Å²) in [4.78, 5) is 19.8. The Kier molecular flexibility index (Phi) is 8.09. The highest BCUT2D eigenvalue weighted by atomic mass is 16.5. The normalized spacial score (nSPS) is 16.3. The van der Waals surface area contributed by atoms with E-state index in [4.69, 9.17) is 10.5 Å². The molecule has 1 aromatic carbocycles. The number of nitrogens with one attached hydrogen (secondary N) is 1. The van der Waals surface area contributed by atoms with Gasteiger partial charge in [0.2, 0.25) is 5.91 Å². The number of piperidine rings is 1. The molecule has 0 atom stereocenters. The van der Waals surface area contributed by atoms with Gasteiger partial charge in [-0.3, -0.25) is 4.79 Å². The smallest absolute Gasteiger partial charge is 0.247 e. The first-order chi connectivity index (χ1) is 14.7. The fraction of sp³-hybridized carbons (Fsp3) is 0.391. The van der Waals surface area contributed by atoms with Crippen molar-refractivity contribution in [3.63, 3.8) is 0 Å². The van der Waals surface area contributed by atoms with Crippen molar-refractivity contribution in [2.75, 3.05) is 60.2 Å². The van der Waals surface area contributed by atoms with Gasteiger partial charge in [-0.05, 0) is 49.6 Å². The highest BCUT2D eigenvalue weighted by molar-refractivity contribution is 5.99. The van der Waals surface area contributed by atoms with E-state index in [0.717, 1.165) is 50.8 Å².